The van der Waals surface area contributed by atoms with E-state index >= 15 is 0 Å². The maximum atomic E-state index is 5.50. The summed E-state index contributed by atoms with van der Waals surface area (Å²) in [6.07, 6.45) is 4.89. The molecule has 2 nitrogen and oxygen atoms in total. The molecule has 0 aromatic heterocycles. The molecule has 0 amide bonds. The van der Waals surface area contributed by atoms with Crippen LogP contribution in [0.5, 0.6) is 0 Å². The van der Waals surface area contributed by atoms with Gasteiger partial charge in [-0.25, -0.2) is 4.99 Å². The van der Waals surface area contributed by atoms with Gasteiger partial charge in [0.05, 0.1) is 5.84 Å². The number of nitrogens with zero attached hydrogens (tertiary/aromatic N) is 1. The summed E-state index contributed by atoms with van der Waals surface area (Å²) >= 11 is 0. The fourth-order valence-corrected chi connectivity index (χ4v) is 1.40. The molecule has 0 saturated carbocycles. The molecule has 0 bridgehead atoms. The Labute approximate surface area is 68.2 Å². The summed E-state index contributed by atoms with van der Waals surface area (Å²) in [4.78, 5) is 4.29. The summed E-state index contributed by atoms with van der Waals surface area (Å²) in [5.74, 6) is 0.682. The van der Waals surface area contributed by atoms with Crippen LogP contribution in [-0.4, -0.2) is 5.84 Å². The highest BCUT2D eigenvalue weighted by Gasteiger charge is 2.07. The van der Waals surface area contributed by atoms with Crippen LogP contribution in [0.2, 0.25) is 0 Å². The van der Waals surface area contributed by atoms with Crippen LogP contribution >= 0.6 is 0 Å². The third-order valence-corrected chi connectivity index (χ3v) is 2.02. The Balaban J connectivity index is 2.75. The van der Waals surface area contributed by atoms with E-state index < -0.39 is 0 Å². The number of nitrogens with two attached hydrogens (primary N) is 1. The van der Waals surface area contributed by atoms with Crippen molar-refractivity contribution in [1.29, 1.82) is 0 Å². The molecule has 1 aliphatic carbocycles. The molecule has 0 atom stereocenters. The SMILES string of the molecule is CC(N)=NC1=C(C)CCCC1. The van der Waals surface area contributed by atoms with Crippen molar-refractivity contribution in [3.05, 3.63) is 11.3 Å². The van der Waals surface area contributed by atoms with Crippen LogP contribution in [0.1, 0.15) is 39.5 Å². The highest BCUT2D eigenvalue weighted by atomic mass is 14.9. The van der Waals surface area contributed by atoms with Gasteiger partial charge in [-0.05, 0) is 39.5 Å². The molecule has 0 aromatic carbocycles. The molecular weight excluding hydrogens is 136 g/mol. The van der Waals surface area contributed by atoms with Gasteiger partial charge >= 0.3 is 0 Å². The van der Waals surface area contributed by atoms with Crippen LogP contribution in [0, 0.1) is 0 Å². The summed E-state index contributed by atoms with van der Waals surface area (Å²) < 4.78 is 0. The van der Waals surface area contributed by atoms with Gasteiger partial charge in [-0.2, -0.15) is 0 Å². The maximum Gasteiger partial charge on any atom is 0.0960 e. The average Bonchev–Trinajstić information content (AvgIpc) is 1.93. The molecule has 0 saturated heterocycles. The van der Waals surface area contributed by atoms with Crippen molar-refractivity contribution < 1.29 is 0 Å². The van der Waals surface area contributed by atoms with Crippen LogP contribution in [0.25, 0.3) is 0 Å². The Bertz CT molecular complexity index is 198. The predicted octanol–water partition coefficient (Wildman–Crippen LogP) is 2.21. The average molecular weight is 152 g/mol. The molecule has 1 rings (SSSR count). The van der Waals surface area contributed by atoms with Crippen molar-refractivity contribution in [3.63, 3.8) is 0 Å². The summed E-state index contributed by atoms with van der Waals surface area (Å²) in [6, 6.07) is 0. The van der Waals surface area contributed by atoms with Gasteiger partial charge in [-0.3, -0.25) is 0 Å². The number of allylic oxidation sites excluding steroid dienone is 2. The summed E-state index contributed by atoms with van der Waals surface area (Å²) in [5, 5.41) is 0. The third-order valence-electron chi connectivity index (χ3n) is 2.02. The third kappa shape index (κ3) is 2.37. The quantitative estimate of drug-likeness (QED) is 0.454. The summed E-state index contributed by atoms with van der Waals surface area (Å²) in [6.45, 7) is 4.00. The molecule has 11 heavy (non-hydrogen) atoms. The second-order valence-corrected chi connectivity index (χ2v) is 3.19. The lowest BCUT2D eigenvalue weighted by molar-refractivity contribution is 0.667. The lowest BCUT2D eigenvalue weighted by atomic mass is 9.98. The largest absolute Gasteiger partial charge is 0.387 e. The van der Waals surface area contributed by atoms with E-state index in [-0.39, 0.29) is 0 Å². The van der Waals surface area contributed by atoms with Crippen LogP contribution in [0.15, 0.2) is 16.3 Å². The van der Waals surface area contributed by atoms with Crippen molar-refractivity contribution >= 4 is 5.84 Å². The lowest BCUT2D eigenvalue weighted by Crippen LogP contribution is -2.07. The molecule has 0 heterocycles. The second kappa shape index (κ2) is 3.56. The van der Waals surface area contributed by atoms with Gasteiger partial charge in [-0.15, -0.1) is 0 Å². The molecular formula is C9H16N2. The standard InChI is InChI=1S/C9H16N2/c1-7-5-3-4-6-9(7)11-8(2)10/h3-6H2,1-2H3,(H2,10,11). The normalized spacial score (nSPS) is 20.7. The molecule has 62 valence electrons. The van der Waals surface area contributed by atoms with Crippen LogP contribution in [-0.2, 0) is 0 Å². The summed E-state index contributed by atoms with van der Waals surface area (Å²) in [7, 11) is 0. The Kier molecular flexibility index (Phi) is 2.69. The van der Waals surface area contributed by atoms with E-state index in [0.717, 1.165) is 6.42 Å². The van der Waals surface area contributed by atoms with E-state index in [0.29, 0.717) is 5.84 Å². The molecule has 1 aliphatic rings. The van der Waals surface area contributed by atoms with Crippen LogP contribution in [0.3, 0.4) is 0 Å². The van der Waals surface area contributed by atoms with Gasteiger partial charge in [0.1, 0.15) is 0 Å². The Morgan fingerprint density at radius 1 is 1.36 bits per heavy atom. The van der Waals surface area contributed by atoms with Gasteiger partial charge in [0.2, 0.25) is 0 Å². The number of rotatable bonds is 1. The molecule has 0 unspecified atom stereocenters. The molecule has 0 aromatic rings. The van der Waals surface area contributed by atoms with Crippen molar-refractivity contribution in [2.45, 2.75) is 39.5 Å². The van der Waals surface area contributed by atoms with Crippen molar-refractivity contribution in [1.82, 2.24) is 0 Å². The second-order valence-electron chi connectivity index (χ2n) is 3.19. The van der Waals surface area contributed by atoms with Gasteiger partial charge in [0, 0.05) is 5.70 Å². The predicted molar refractivity (Wildman–Crippen MR) is 48.5 cm³/mol. The first kappa shape index (κ1) is 8.31. The molecule has 0 radical (unpaired) electrons. The van der Waals surface area contributed by atoms with Gasteiger partial charge in [0.15, 0.2) is 0 Å². The maximum absolute atomic E-state index is 5.50. The van der Waals surface area contributed by atoms with E-state index in [2.05, 4.69) is 11.9 Å². The van der Waals surface area contributed by atoms with E-state index in [1.807, 2.05) is 6.92 Å². The first-order valence-electron chi connectivity index (χ1n) is 4.19. The zero-order chi connectivity index (χ0) is 8.27. The first-order chi connectivity index (χ1) is 5.20. The van der Waals surface area contributed by atoms with Gasteiger partial charge < -0.3 is 5.73 Å². The minimum Gasteiger partial charge on any atom is -0.387 e. The van der Waals surface area contributed by atoms with E-state index in [9.17, 15) is 0 Å². The van der Waals surface area contributed by atoms with E-state index in [4.69, 9.17) is 5.73 Å². The van der Waals surface area contributed by atoms with Crippen molar-refractivity contribution in [2.75, 3.05) is 0 Å². The highest BCUT2D eigenvalue weighted by Crippen LogP contribution is 2.24. The Morgan fingerprint density at radius 3 is 2.55 bits per heavy atom. The summed E-state index contributed by atoms with van der Waals surface area (Å²) in [5.41, 5.74) is 8.14. The fourth-order valence-electron chi connectivity index (χ4n) is 1.40. The first-order valence-corrected chi connectivity index (χ1v) is 4.19. The Morgan fingerprint density at radius 2 is 2.00 bits per heavy atom. The van der Waals surface area contributed by atoms with Crippen molar-refractivity contribution in [3.8, 4) is 0 Å². The van der Waals surface area contributed by atoms with Crippen molar-refractivity contribution in [2.24, 2.45) is 10.7 Å². The molecule has 2 heteroatoms. The highest BCUT2D eigenvalue weighted by molar-refractivity contribution is 5.78. The monoisotopic (exact) mass is 152 g/mol. The minimum atomic E-state index is 0.682. The fraction of sp³-hybridized carbons (Fsp3) is 0.667. The van der Waals surface area contributed by atoms with E-state index in [1.54, 1.807) is 0 Å². The Hall–Kier alpha value is -0.790. The molecule has 0 fully saturated rings. The zero-order valence-electron chi connectivity index (χ0n) is 7.35. The number of hydrogen-bond donors (Lipinski definition) is 1. The smallest absolute Gasteiger partial charge is 0.0960 e. The van der Waals surface area contributed by atoms with Gasteiger partial charge in [0.25, 0.3) is 0 Å². The zero-order valence-corrected chi connectivity index (χ0v) is 7.35. The van der Waals surface area contributed by atoms with Crippen LogP contribution < -0.4 is 5.73 Å². The lowest BCUT2D eigenvalue weighted by Gasteiger charge is -2.13. The molecule has 2 N–H and O–H groups in total. The van der Waals surface area contributed by atoms with Crippen LogP contribution in [0.4, 0.5) is 0 Å². The van der Waals surface area contributed by atoms with E-state index in [1.165, 1.54) is 30.5 Å². The number of aliphatic imine (C=N–C) groups is 1. The topological polar surface area (TPSA) is 38.4 Å². The molecule has 0 aliphatic heterocycles. The molecule has 0 spiro atoms. The number of hydrogen-bond acceptors (Lipinski definition) is 1. The number of amidine groups is 1. The van der Waals surface area contributed by atoms with Gasteiger partial charge in [-0.1, -0.05) is 5.57 Å². The minimum absolute atomic E-state index is 0.682.